The van der Waals surface area contributed by atoms with Gasteiger partial charge < -0.3 is 39.2 Å². The van der Waals surface area contributed by atoms with Crippen LogP contribution in [-0.2, 0) is 30.7 Å². The number of nitrogens with zero attached hydrogens (tertiary/aromatic N) is 4. The molecular formula is C43H43N5O8. The lowest BCUT2D eigenvalue weighted by atomic mass is 9.93. The second-order valence-corrected chi connectivity index (χ2v) is 14.2. The van der Waals surface area contributed by atoms with Crippen molar-refractivity contribution in [3.63, 3.8) is 0 Å². The first-order chi connectivity index (χ1) is 27.3. The summed E-state index contributed by atoms with van der Waals surface area (Å²) < 4.78 is 29.1. The van der Waals surface area contributed by atoms with Gasteiger partial charge in [-0.1, -0.05) is 30.3 Å². The van der Waals surface area contributed by atoms with Gasteiger partial charge in [-0.2, -0.15) is 0 Å². The average molecular weight is 758 g/mol. The Kier molecular flexibility index (Phi) is 10.3. The van der Waals surface area contributed by atoms with Crippen molar-refractivity contribution in [2.24, 2.45) is 15.7 Å². The van der Waals surface area contributed by atoms with E-state index in [0.29, 0.717) is 84.0 Å². The van der Waals surface area contributed by atoms with Crippen LogP contribution in [0.5, 0.6) is 28.7 Å². The molecule has 4 aromatic carbocycles. The van der Waals surface area contributed by atoms with Crippen LogP contribution in [0.1, 0.15) is 62.2 Å². The second kappa shape index (κ2) is 15.8. The Hall–Kier alpha value is -6.37. The molecule has 4 aliphatic rings. The molecule has 4 heterocycles. The van der Waals surface area contributed by atoms with Gasteiger partial charge in [0.1, 0.15) is 5.75 Å². The van der Waals surface area contributed by atoms with E-state index in [1.165, 1.54) is 5.56 Å². The first-order valence-electron chi connectivity index (χ1n) is 18.8. The zero-order chi connectivity index (χ0) is 38.8. The van der Waals surface area contributed by atoms with Gasteiger partial charge in [-0.3, -0.25) is 24.4 Å². The van der Waals surface area contributed by atoms with Crippen LogP contribution in [-0.4, -0.2) is 86.1 Å². The van der Waals surface area contributed by atoms with Crippen LogP contribution in [0.15, 0.2) is 76.7 Å². The molecule has 0 aliphatic carbocycles. The third kappa shape index (κ3) is 7.36. The van der Waals surface area contributed by atoms with Gasteiger partial charge >= 0.3 is 0 Å². The van der Waals surface area contributed by atoms with Crippen LogP contribution >= 0.6 is 0 Å². The zero-order valence-corrected chi connectivity index (χ0v) is 31.4. The molecule has 0 bridgehead atoms. The SMILES string of the molecule is COc1cc2c(cc1OCCCCCOc1cc3c(cc1OC)C(=O)N1Cc4ccccc4C[C@H]1C=N3)N=CC1Cc3ccc(OCC(N)=O)cc3CN1C2=O. The minimum Gasteiger partial charge on any atom is -0.493 e. The summed E-state index contributed by atoms with van der Waals surface area (Å²) in [7, 11) is 3.12. The van der Waals surface area contributed by atoms with E-state index in [-0.39, 0.29) is 30.5 Å². The molecule has 4 aliphatic heterocycles. The normalized spacial score (nSPS) is 17.6. The fraction of sp³-hybridized carbons (Fsp3) is 0.326. The molecule has 288 valence electrons. The maximum absolute atomic E-state index is 13.9. The number of aliphatic imine (C=N–C) groups is 2. The van der Waals surface area contributed by atoms with Crippen molar-refractivity contribution in [1.82, 2.24) is 9.80 Å². The molecule has 1 unspecified atom stereocenters. The first kappa shape index (κ1) is 36.6. The first-order valence-corrected chi connectivity index (χ1v) is 18.8. The molecule has 8 rings (SSSR count). The maximum Gasteiger partial charge on any atom is 0.257 e. The van der Waals surface area contributed by atoms with Crippen molar-refractivity contribution >= 4 is 41.5 Å². The molecule has 4 aromatic rings. The summed E-state index contributed by atoms with van der Waals surface area (Å²) in [6.07, 6.45) is 7.35. The van der Waals surface area contributed by atoms with Gasteiger partial charge in [0.15, 0.2) is 29.6 Å². The van der Waals surface area contributed by atoms with Gasteiger partial charge in [-0.15, -0.1) is 0 Å². The number of rotatable bonds is 13. The van der Waals surface area contributed by atoms with E-state index >= 15 is 0 Å². The number of carbonyl (C=O) groups excluding carboxylic acids is 3. The molecule has 13 heteroatoms. The summed E-state index contributed by atoms with van der Waals surface area (Å²) in [6.45, 7) is 1.56. The summed E-state index contributed by atoms with van der Waals surface area (Å²) in [6, 6.07) is 20.5. The molecule has 0 radical (unpaired) electrons. The molecule has 56 heavy (non-hydrogen) atoms. The Morgan fingerprint density at radius 1 is 0.661 bits per heavy atom. The van der Waals surface area contributed by atoms with Crippen molar-refractivity contribution in [2.45, 2.75) is 57.3 Å². The predicted octanol–water partition coefficient (Wildman–Crippen LogP) is 5.76. The van der Waals surface area contributed by atoms with E-state index < -0.39 is 5.91 Å². The highest BCUT2D eigenvalue weighted by molar-refractivity contribution is 6.04. The van der Waals surface area contributed by atoms with E-state index in [1.54, 1.807) is 49.5 Å². The lowest BCUT2D eigenvalue weighted by Crippen LogP contribution is -2.44. The van der Waals surface area contributed by atoms with Crippen molar-refractivity contribution in [2.75, 3.05) is 34.0 Å². The average Bonchev–Trinajstić information content (AvgIpc) is 3.43. The number of benzene rings is 4. The minimum absolute atomic E-state index is 0.0711. The van der Waals surface area contributed by atoms with Crippen LogP contribution in [0.25, 0.3) is 0 Å². The Labute approximate surface area is 324 Å². The molecule has 0 fully saturated rings. The number of hydrogen-bond donors (Lipinski definition) is 1. The molecule has 0 saturated heterocycles. The molecule has 0 saturated carbocycles. The molecular weight excluding hydrogens is 714 g/mol. The van der Waals surface area contributed by atoms with Gasteiger partial charge in [0.05, 0.1) is 62.0 Å². The Balaban J connectivity index is 0.857. The second-order valence-electron chi connectivity index (χ2n) is 14.2. The van der Waals surface area contributed by atoms with E-state index in [2.05, 4.69) is 12.1 Å². The number of carbonyl (C=O) groups is 3. The summed E-state index contributed by atoms with van der Waals surface area (Å²) in [5, 5.41) is 0. The molecule has 0 spiro atoms. The van der Waals surface area contributed by atoms with E-state index in [1.807, 2.05) is 41.6 Å². The number of primary amides is 1. The quantitative estimate of drug-likeness (QED) is 0.169. The third-order valence-electron chi connectivity index (χ3n) is 10.6. The van der Waals surface area contributed by atoms with E-state index in [4.69, 9.17) is 39.4 Å². The van der Waals surface area contributed by atoms with Crippen LogP contribution < -0.4 is 29.4 Å². The van der Waals surface area contributed by atoms with Crippen LogP contribution in [0, 0.1) is 0 Å². The number of methoxy groups -OCH3 is 2. The molecule has 2 N–H and O–H groups in total. The van der Waals surface area contributed by atoms with Crippen molar-refractivity contribution in [3.8, 4) is 28.7 Å². The number of amides is 3. The number of unbranched alkanes of at least 4 members (excludes halogenated alkanes) is 2. The number of ether oxygens (including phenoxy) is 5. The van der Waals surface area contributed by atoms with Crippen molar-refractivity contribution in [1.29, 1.82) is 0 Å². The lowest BCUT2D eigenvalue weighted by Gasteiger charge is -2.34. The third-order valence-corrected chi connectivity index (χ3v) is 10.6. The van der Waals surface area contributed by atoms with Gasteiger partial charge in [-0.05, 0) is 78.6 Å². The molecule has 2 atom stereocenters. The van der Waals surface area contributed by atoms with Crippen molar-refractivity contribution < 1.29 is 38.1 Å². The molecule has 3 amide bonds. The Bertz CT molecular complexity index is 2250. The number of nitrogens with two attached hydrogens (primary N) is 1. The summed E-state index contributed by atoms with van der Waals surface area (Å²) in [5.74, 6) is 1.73. The van der Waals surface area contributed by atoms with Crippen LogP contribution in [0.2, 0.25) is 0 Å². The summed E-state index contributed by atoms with van der Waals surface area (Å²) in [5.41, 5.74) is 11.7. The van der Waals surface area contributed by atoms with Gasteiger partial charge in [-0.25, -0.2) is 0 Å². The van der Waals surface area contributed by atoms with E-state index in [9.17, 15) is 14.4 Å². The monoisotopic (exact) mass is 757 g/mol. The fourth-order valence-electron chi connectivity index (χ4n) is 7.67. The fourth-order valence-corrected chi connectivity index (χ4v) is 7.67. The smallest absolute Gasteiger partial charge is 0.257 e. The maximum atomic E-state index is 13.9. The number of fused-ring (bicyclic) bond motifs is 6. The minimum atomic E-state index is -0.557. The highest BCUT2D eigenvalue weighted by atomic mass is 16.5. The number of hydrogen-bond acceptors (Lipinski definition) is 10. The van der Waals surface area contributed by atoms with Gasteiger partial charge in [0.2, 0.25) is 0 Å². The largest absolute Gasteiger partial charge is 0.493 e. The van der Waals surface area contributed by atoms with Gasteiger partial charge in [0, 0.05) is 37.7 Å². The van der Waals surface area contributed by atoms with Crippen molar-refractivity contribution in [3.05, 3.63) is 100 Å². The summed E-state index contributed by atoms with van der Waals surface area (Å²) in [4.78, 5) is 51.8. The Morgan fingerprint density at radius 3 is 1.75 bits per heavy atom. The lowest BCUT2D eigenvalue weighted by molar-refractivity contribution is -0.119. The Morgan fingerprint density at radius 2 is 1.20 bits per heavy atom. The molecule has 0 aromatic heterocycles. The topological polar surface area (TPSA) is 155 Å². The summed E-state index contributed by atoms with van der Waals surface area (Å²) >= 11 is 0. The highest BCUT2D eigenvalue weighted by Crippen LogP contribution is 2.40. The molecule has 13 nitrogen and oxygen atoms in total. The van der Waals surface area contributed by atoms with Crippen LogP contribution in [0.4, 0.5) is 11.4 Å². The van der Waals surface area contributed by atoms with Gasteiger partial charge in [0.25, 0.3) is 17.7 Å². The zero-order valence-electron chi connectivity index (χ0n) is 31.4. The predicted molar refractivity (Wildman–Crippen MR) is 209 cm³/mol. The van der Waals surface area contributed by atoms with E-state index in [0.717, 1.165) is 42.4 Å². The van der Waals surface area contributed by atoms with Crippen LogP contribution in [0.3, 0.4) is 0 Å². The highest BCUT2D eigenvalue weighted by Gasteiger charge is 2.35. The standard InChI is InChI=1S/C43H43N5O8/c1-52-37-17-33-35(45-21-30-14-26-8-4-5-9-28(26)23-47(30)42(33)50)19-39(37)54-12-6-3-7-13-55-40-20-36-34(18-38(40)53-2)43(51)48-24-29-16-32(56-25-41(44)49)11-10-27(29)15-31(48)22-46-36/h4-5,8-11,16-22,30-31H,3,6-7,12-15,23-25H2,1-2H3,(H2,44,49)/t30-,31?/m0/s1.